The molecule has 0 saturated heterocycles. The number of nitro benzene ring substituents is 1. The molecule has 0 amide bonds. The average Bonchev–Trinajstić information content (AvgIpc) is 2.96. The third-order valence-corrected chi connectivity index (χ3v) is 4.17. The first-order valence-corrected chi connectivity index (χ1v) is 8.18. The van der Waals surface area contributed by atoms with E-state index in [1.165, 1.54) is 19.4 Å². The van der Waals surface area contributed by atoms with Crippen molar-refractivity contribution in [3.8, 4) is 11.5 Å². The molecule has 0 atom stereocenters. The molecule has 1 aromatic carbocycles. The van der Waals surface area contributed by atoms with Gasteiger partial charge in [0.25, 0.3) is 0 Å². The molecule has 2 rings (SSSR count). The monoisotopic (exact) mass is 380 g/mol. The number of ether oxygens (including phenoxy) is 2. The summed E-state index contributed by atoms with van der Waals surface area (Å²) < 4.78 is 9.84. The molecule has 2 N–H and O–H groups in total. The van der Waals surface area contributed by atoms with E-state index in [4.69, 9.17) is 9.47 Å². The lowest BCUT2D eigenvalue weighted by Gasteiger charge is -2.04. The van der Waals surface area contributed by atoms with Gasteiger partial charge in [0.15, 0.2) is 5.75 Å². The molecule has 138 valence electrons. The molecule has 0 unspecified atom stereocenters. The quantitative estimate of drug-likeness (QED) is 0.324. The van der Waals surface area contributed by atoms with E-state index in [9.17, 15) is 20.0 Å². The van der Waals surface area contributed by atoms with Crippen LogP contribution in [0, 0.1) is 17.0 Å². The second kappa shape index (κ2) is 8.25. The minimum Gasteiger partial charge on any atom is -0.500 e. The number of aryl methyl sites for hydroxylation is 1. The van der Waals surface area contributed by atoms with Crippen LogP contribution in [-0.4, -0.2) is 40.9 Å². The topological polar surface area (TPSA) is 136 Å². The number of carbonyl (C=O) groups is 1. The van der Waals surface area contributed by atoms with Crippen LogP contribution in [0.2, 0.25) is 0 Å². The maximum absolute atomic E-state index is 11.8. The smallest absolute Gasteiger partial charge is 0.350 e. The summed E-state index contributed by atoms with van der Waals surface area (Å²) >= 11 is 1.08. The third-order valence-electron chi connectivity index (χ3n) is 3.13. The fourth-order valence-corrected chi connectivity index (χ4v) is 2.79. The number of aromatic hydroxyl groups is 1. The lowest BCUT2D eigenvalue weighted by molar-refractivity contribution is -0.386. The maximum atomic E-state index is 11.8. The van der Waals surface area contributed by atoms with E-state index in [1.807, 2.05) is 0 Å². The molecule has 0 fully saturated rings. The summed E-state index contributed by atoms with van der Waals surface area (Å²) in [5, 5.41) is 25.0. The van der Waals surface area contributed by atoms with Crippen molar-refractivity contribution >= 4 is 34.3 Å². The van der Waals surface area contributed by atoms with Crippen LogP contribution < -0.4 is 10.2 Å². The minimum absolute atomic E-state index is 0.0460. The Bertz CT molecular complexity index is 864. The third kappa shape index (κ3) is 4.25. The van der Waals surface area contributed by atoms with Crippen LogP contribution in [0.1, 0.15) is 27.9 Å². The average molecular weight is 380 g/mol. The lowest BCUT2D eigenvalue weighted by atomic mass is 10.2. The highest BCUT2D eigenvalue weighted by Crippen LogP contribution is 2.36. The number of methoxy groups -OCH3 is 1. The number of rotatable bonds is 7. The molecule has 1 heterocycles. The van der Waals surface area contributed by atoms with Gasteiger partial charge < -0.3 is 14.6 Å². The molecule has 0 radical (unpaired) electrons. The van der Waals surface area contributed by atoms with Gasteiger partial charge in [-0.2, -0.15) is 5.10 Å². The summed E-state index contributed by atoms with van der Waals surface area (Å²) in [5.41, 5.74) is 2.99. The van der Waals surface area contributed by atoms with Crippen LogP contribution in [-0.2, 0) is 4.74 Å². The summed E-state index contributed by atoms with van der Waals surface area (Å²) in [6, 6.07) is 2.55. The molecular formula is C15H16N4O6S. The normalized spacial score (nSPS) is 10.7. The van der Waals surface area contributed by atoms with Gasteiger partial charge in [0.2, 0.25) is 10.9 Å². The van der Waals surface area contributed by atoms with Crippen molar-refractivity contribution in [2.45, 2.75) is 13.8 Å². The fraction of sp³-hybridized carbons (Fsp3) is 0.267. The molecule has 10 nitrogen and oxygen atoms in total. The van der Waals surface area contributed by atoms with Crippen LogP contribution >= 0.6 is 11.3 Å². The fourth-order valence-electron chi connectivity index (χ4n) is 1.98. The Morgan fingerprint density at radius 1 is 1.54 bits per heavy atom. The molecule has 0 aliphatic carbocycles. The first kappa shape index (κ1) is 19.1. The standard InChI is InChI=1S/C15H16N4O6S/c1-4-25-14(21)13-8(2)17-15(26-13)18-16-7-9-5-10(19(22)23)12(20)11(6-9)24-3/h5-7,20H,4H2,1-3H3,(H,17,18)/b16-7-. The first-order chi connectivity index (χ1) is 12.4. The van der Waals surface area contributed by atoms with Crippen LogP contribution in [0.5, 0.6) is 11.5 Å². The summed E-state index contributed by atoms with van der Waals surface area (Å²) in [6.45, 7) is 3.65. The molecule has 11 heteroatoms. The van der Waals surface area contributed by atoms with Gasteiger partial charge in [-0.05, 0) is 19.9 Å². The van der Waals surface area contributed by atoms with E-state index >= 15 is 0 Å². The van der Waals surface area contributed by atoms with Gasteiger partial charge in [-0.1, -0.05) is 11.3 Å². The van der Waals surface area contributed by atoms with E-state index in [2.05, 4.69) is 15.5 Å². The van der Waals surface area contributed by atoms with Crippen molar-refractivity contribution in [1.82, 2.24) is 4.98 Å². The molecule has 0 bridgehead atoms. The van der Waals surface area contributed by atoms with Crippen molar-refractivity contribution in [3.05, 3.63) is 38.4 Å². The summed E-state index contributed by atoms with van der Waals surface area (Å²) in [7, 11) is 1.28. The Kier molecular flexibility index (Phi) is 6.07. The Hall–Kier alpha value is -3.21. The number of aromatic nitrogens is 1. The maximum Gasteiger partial charge on any atom is 0.350 e. The highest BCUT2D eigenvalue weighted by atomic mass is 32.1. The zero-order chi connectivity index (χ0) is 19.3. The minimum atomic E-state index is -0.724. The summed E-state index contributed by atoms with van der Waals surface area (Å²) in [5.74, 6) is -1.06. The highest BCUT2D eigenvalue weighted by molar-refractivity contribution is 7.17. The van der Waals surface area contributed by atoms with Gasteiger partial charge in [-0.15, -0.1) is 0 Å². The highest BCUT2D eigenvalue weighted by Gasteiger charge is 2.19. The number of carbonyl (C=O) groups excluding carboxylic acids is 1. The van der Waals surface area contributed by atoms with E-state index in [0.717, 1.165) is 17.4 Å². The second-order valence-electron chi connectivity index (χ2n) is 4.87. The number of benzene rings is 1. The SMILES string of the molecule is CCOC(=O)c1sc(N/N=C\c2cc(OC)c(O)c([N+](=O)[O-])c2)nc1C. The van der Waals surface area contributed by atoms with E-state index in [1.54, 1.807) is 13.8 Å². The van der Waals surface area contributed by atoms with E-state index < -0.39 is 22.3 Å². The van der Waals surface area contributed by atoms with Crippen LogP contribution in [0.3, 0.4) is 0 Å². The van der Waals surface area contributed by atoms with Gasteiger partial charge in [-0.25, -0.2) is 9.78 Å². The van der Waals surface area contributed by atoms with Crippen LogP contribution in [0.25, 0.3) is 0 Å². The number of esters is 1. The number of nitrogens with zero attached hydrogens (tertiary/aromatic N) is 3. The van der Waals surface area contributed by atoms with Gasteiger partial charge in [-0.3, -0.25) is 15.5 Å². The molecule has 1 aromatic heterocycles. The number of hydrazone groups is 1. The summed E-state index contributed by atoms with van der Waals surface area (Å²) in [4.78, 5) is 26.5. The van der Waals surface area contributed by atoms with Gasteiger partial charge in [0.1, 0.15) is 4.88 Å². The number of hydrogen-bond acceptors (Lipinski definition) is 10. The second-order valence-corrected chi connectivity index (χ2v) is 5.87. The van der Waals surface area contributed by atoms with Crippen molar-refractivity contribution in [1.29, 1.82) is 0 Å². The zero-order valence-electron chi connectivity index (χ0n) is 14.2. The number of phenolic OH excluding ortho intramolecular Hbond substituents is 1. The van der Waals surface area contributed by atoms with Crippen molar-refractivity contribution in [2.75, 3.05) is 19.1 Å². The number of phenols is 1. The zero-order valence-corrected chi connectivity index (χ0v) is 15.0. The number of anilines is 1. The van der Waals surface area contributed by atoms with E-state index in [-0.39, 0.29) is 12.4 Å². The van der Waals surface area contributed by atoms with Gasteiger partial charge >= 0.3 is 11.7 Å². The molecule has 0 spiro atoms. The number of thiazole rings is 1. The molecular weight excluding hydrogens is 364 g/mol. The Morgan fingerprint density at radius 2 is 2.27 bits per heavy atom. The number of nitro groups is 1. The molecule has 0 aliphatic heterocycles. The Balaban J connectivity index is 2.19. The predicted molar refractivity (Wildman–Crippen MR) is 95.3 cm³/mol. The molecule has 0 aliphatic rings. The predicted octanol–water partition coefficient (Wildman–Crippen LogP) is 2.70. The molecule has 0 saturated carbocycles. The molecule has 2 aromatic rings. The van der Waals surface area contributed by atoms with Crippen molar-refractivity contribution < 1.29 is 24.3 Å². The lowest BCUT2D eigenvalue weighted by Crippen LogP contribution is -2.03. The number of nitrogens with one attached hydrogen (secondary N) is 1. The first-order valence-electron chi connectivity index (χ1n) is 7.36. The largest absolute Gasteiger partial charge is 0.500 e. The van der Waals surface area contributed by atoms with Crippen LogP contribution in [0.15, 0.2) is 17.2 Å². The Labute approximate surface area is 152 Å². The van der Waals surface area contributed by atoms with Crippen LogP contribution in [0.4, 0.5) is 10.8 Å². The molecule has 26 heavy (non-hydrogen) atoms. The summed E-state index contributed by atoms with van der Waals surface area (Å²) in [6.07, 6.45) is 1.30. The van der Waals surface area contributed by atoms with Gasteiger partial charge in [0, 0.05) is 11.6 Å². The number of hydrogen-bond donors (Lipinski definition) is 2. The van der Waals surface area contributed by atoms with E-state index in [0.29, 0.717) is 21.3 Å². The van der Waals surface area contributed by atoms with Crippen molar-refractivity contribution in [3.63, 3.8) is 0 Å². The Morgan fingerprint density at radius 3 is 2.88 bits per heavy atom. The van der Waals surface area contributed by atoms with Gasteiger partial charge in [0.05, 0.1) is 30.5 Å². The van der Waals surface area contributed by atoms with Crippen molar-refractivity contribution in [2.24, 2.45) is 5.10 Å².